The monoisotopic (exact) mass is 824 g/mol. The second kappa shape index (κ2) is 16.2. The van der Waals surface area contributed by atoms with Gasteiger partial charge in [0, 0.05) is 79.3 Å². The van der Waals surface area contributed by atoms with Gasteiger partial charge in [0.1, 0.15) is 22.7 Å². The van der Waals surface area contributed by atoms with Gasteiger partial charge in [-0.3, -0.25) is 14.4 Å². The standard InChI is InChI=1S/C46H56N4O10/c1-21-13-18-58-46(9)44(56)34-32-33(40(54)28(8)42(34)60-46)41(55)37(43-36(32)48-35-30(51)19-29(20-31(35)59-43)50-16-14-47-15-17-50)49-45(57)23(3)12-10-11-22(2)38(52)27(7)39(53)26(6)25(5)24(21)4/h10-13,18-22,24-27,38-39,47,52-54,56H,14-17H2,1-9H3,(H,49,57)/b11-10+,18-13+,23-12-/t21-,22-,24+,25+,26-,27+,38-,39-,46-/m0/s1. The molecular formula is C46H56N4O10. The van der Waals surface area contributed by atoms with Crippen molar-refractivity contribution in [3.8, 4) is 11.5 Å². The summed E-state index contributed by atoms with van der Waals surface area (Å²) in [5.74, 6) is -4.39. The van der Waals surface area contributed by atoms with Crippen LogP contribution in [0.1, 0.15) is 61.0 Å². The highest BCUT2D eigenvalue weighted by Gasteiger charge is 2.43. The summed E-state index contributed by atoms with van der Waals surface area (Å²) in [5.41, 5.74) is -0.957. The zero-order chi connectivity index (χ0) is 43.5. The Kier molecular flexibility index (Phi) is 11.5. The normalized spacial score (nSPS) is 31.5. The lowest BCUT2D eigenvalue weighted by molar-refractivity contribution is -0.112. The van der Waals surface area contributed by atoms with E-state index in [1.54, 1.807) is 31.2 Å². The second-order valence-corrected chi connectivity index (χ2v) is 17.2. The topological polar surface area (TPSA) is 204 Å². The molecule has 6 N–H and O–H groups in total. The van der Waals surface area contributed by atoms with Gasteiger partial charge in [0.2, 0.25) is 10.9 Å². The third kappa shape index (κ3) is 7.28. The summed E-state index contributed by atoms with van der Waals surface area (Å²) in [5, 5.41) is 52.2. The zero-order valence-electron chi connectivity index (χ0n) is 35.6. The molecular weight excluding hydrogens is 769 g/mol. The number of aromatic nitrogens is 1. The number of aromatic hydroxyl groups is 1. The Hall–Kier alpha value is -5.44. The van der Waals surface area contributed by atoms with E-state index in [1.165, 1.54) is 26.2 Å². The van der Waals surface area contributed by atoms with E-state index in [4.69, 9.17) is 18.9 Å². The van der Waals surface area contributed by atoms with Crippen LogP contribution in [0.4, 0.5) is 11.4 Å². The van der Waals surface area contributed by atoms with Crippen molar-refractivity contribution in [3.05, 3.63) is 79.5 Å². The number of phenolic OH excluding ortho intramolecular Hbond substituents is 1. The number of amides is 1. The first-order valence-corrected chi connectivity index (χ1v) is 20.8. The van der Waals surface area contributed by atoms with Crippen LogP contribution >= 0.6 is 0 Å². The van der Waals surface area contributed by atoms with E-state index < -0.39 is 52.2 Å². The van der Waals surface area contributed by atoms with E-state index in [1.807, 2.05) is 38.7 Å². The molecule has 60 heavy (non-hydrogen) atoms. The maximum absolute atomic E-state index is 14.7. The number of hydrogen-bond acceptors (Lipinski definition) is 13. The lowest BCUT2D eigenvalue weighted by atomic mass is 9.72. The number of nitrogens with one attached hydrogen (secondary N) is 2. The van der Waals surface area contributed by atoms with Crippen molar-refractivity contribution in [1.29, 1.82) is 0 Å². The third-order valence-corrected chi connectivity index (χ3v) is 13.4. The molecule has 5 heterocycles. The van der Waals surface area contributed by atoms with Gasteiger partial charge in [-0.05, 0) is 43.6 Å². The van der Waals surface area contributed by atoms with Crippen LogP contribution in [0, 0.1) is 42.4 Å². The maximum Gasteiger partial charge on any atom is 0.307 e. The molecule has 320 valence electrons. The molecule has 4 aliphatic heterocycles. The van der Waals surface area contributed by atoms with Crippen molar-refractivity contribution in [2.75, 3.05) is 36.4 Å². The number of carbonyl (C=O) groups excluding carboxylic acids is 1. The number of fused-ring (bicyclic) bond motifs is 14. The van der Waals surface area contributed by atoms with Crippen molar-refractivity contribution in [2.24, 2.45) is 35.5 Å². The minimum absolute atomic E-state index is 0.0158. The first kappa shape index (κ1) is 42.7. The number of rotatable bonds is 1. The minimum Gasteiger partial charge on any atom is -0.507 e. The molecule has 8 rings (SSSR count). The number of allylic oxidation sites excluding steroid dienone is 3. The number of aliphatic hydroxyl groups excluding tert-OH is 3. The fourth-order valence-corrected chi connectivity index (χ4v) is 8.74. The molecule has 0 radical (unpaired) electrons. The van der Waals surface area contributed by atoms with Crippen molar-refractivity contribution >= 4 is 56.0 Å². The fraction of sp³-hybridized carbons (Fsp3) is 0.478. The van der Waals surface area contributed by atoms with Crippen molar-refractivity contribution in [2.45, 2.75) is 80.3 Å². The van der Waals surface area contributed by atoms with Gasteiger partial charge < -0.3 is 49.9 Å². The fourth-order valence-electron chi connectivity index (χ4n) is 8.74. The molecule has 14 heteroatoms. The van der Waals surface area contributed by atoms with E-state index in [2.05, 4.69) is 24.5 Å². The molecule has 0 saturated carbocycles. The number of carbonyl (C=O) groups is 1. The van der Waals surface area contributed by atoms with Gasteiger partial charge in [0.15, 0.2) is 22.4 Å². The van der Waals surface area contributed by atoms with E-state index in [0.29, 0.717) is 18.8 Å². The lowest BCUT2D eigenvalue weighted by Crippen LogP contribution is -2.43. The van der Waals surface area contributed by atoms with Gasteiger partial charge in [0.05, 0.1) is 29.1 Å². The van der Waals surface area contributed by atoms with Crippen LogP contribution in [0.3, 0.4) is 0 Å². The van der Waals surface area contributed by atoms with E-state index in [9.17, 15) is 34.8 Å². The highest BCUT2D eigenvalue weighted by molar-refractivity contribution is 6.16. The van der Waals surface area contributed by atoms with Gasteiger partial charge in [-0.25, -0.2) is 4.98 Å². The van der Waals surface area contributed by atoms with Crippen LogP contribution in [0.15, 0.2) is 62.3 Å². The summed E-state index contributed by atoms with van der Waals surface area (Å²) < 4.78 is 18.9. The van der Waals surface area contributed by atoms with Crippen molar-refractivity contribution in [3.63, 3.8) is 0 Å². The molecule has 5 bridgehead atoms. The lowest BCUT2D eigenvalue weighted by Gasteiger charge is -2.36. The molecule has 4 aliphatic rings. The van der Waals surface area contributed by atoms with E-state index in [0.717, 1.165) is 13.1 Å². The summed E-state index contributed by atoms with van der Waals surface area (Å²) in [6.07, 6.45) is 6.51. The first-order chi connectivity index (χ1) is 28.4. The van der Waals surface area contributed by atoms with Crippen LogP contribution < -0.4 is 36.3 Å². The number of phenols is 1. The predicted molar refractivity (Wildman–Crippen MR) is 232 cm³/mol. The second-order valence-electron chi connectivity index (χ2n) is 17.2. The number of benzene rings is 3. The average Bonchev–Trinajstić information content (AvgIpc) is 3.50. The number of piperazine rings is 1. The predicted octanol–water partition coefficient (Wildman–Crippen LogP) is 5.30. The Morgan fingerprint density at radius 1 is 0.850 bits per heavy atom. The first-order valence-electron chi connectivity index (χ1n) is 20.8. The van der Waals surface area contributed by atoms with Gasteiger partial charge in [-0.15, -0.1) is 0 Å². The minimum atomic E-state index is -1.83. The molecule has 1 amide bonds. The smallest absolute Gasteiger partial charge is 0.307 e. The quantitative estimate of drug-likeness (QED) is 0.107. The Morgan fingerprint density at radius 3 is 2.25 bits per heavy atom. The molecule has 9 atom stereocenters. The van der Waals surface area contributed by atoms with Crippen molar-refractivity contribution in [1.82, 2.24) is 10.3 Å². The van der Waals surface area contributed by atoms with Crippen LogP contribution in [0.25, 0.3) is 38.7 Å². The number of hydrogen-bond donors (Lipinski definition) is 6. The van der Waals surface area contributed by atoms with Crippen LogP contribution in [-0.4, -0.2) is 75.5 Å². The molecule has 4 aromatic rings. The van der Waals surface area contributed by atoms with Crippen LogP contribution in [0.2, 0.25) is 0 Å². The Labute approximate surface area is 347 Å². The molecule has 1 saturated heterocycles. The summed E-state index contributed by atoms with van der Waals surface area (Å²) in [7, 11) is 0. The zero-order valence-corrected chi connectivity index (χ0v) is 35.6. The van der Waals surface area contributed by atoms with Crippen molar-refractivity contribution < 1.29 is 39.1 Å². The molecule has 0 spiro atoms. The van der Waals surface area contributed by atoms with Gasteiger partial charge in [-0.1, -0.05) is 59.8 Å². The molecule has 1 fully saturated rings. The van der Waals surface area contributed by atoms with Gasteiger partial charge in [0.25, 0.3) is 5.91 Å². The highest BCUT2D eigenvalue weighted by Crippen LogP contribution is 2.42. The van der Waals surface area contributed by atoms with Crippen LogP contribution in [-0.2, 0) is 9.53 Å². The Bertz CT molecular complexity index is 2650. The summed E-state index contributed by atoms with van der Waals surface area (Å²) in [4.78, 5) is 49.2. The highest BCUT2D eigenvalue weighted by atomic mass is 16.7. The largest absolute Gasteiger partial charge is 0.507 e. The van der Waals surface area contributed by atoms with Crippen LogP contribution in [0.5, 0.6) is 11.5 Å². The summed E-state index contributed by atoms with van der Waals surface area (Å²) >= 11 is 0. The molecule has 1 aromatic heterocycles. The molecule has 0 aliphatic carbocycles. The molecule has 0 unspecified atom stereocenters. The van der Waals surface area contributed by atoms with Gasteiger partial charge >= 0.3 is 5.79 Å². The van der Waals surface area contributed by atoms with Gasteiger partial charge in [-0.2, -0.15) is 0 Å². The number of aliphatic hydroxyl groups is 3. The third-order valence-electron chi connectivity index (χ3n) is 13.4. The Balaban J connectivity index is 1.49. The SMILES string of the molecule is C/C1=C/C=C/[C@H](C)[C@H](O)[C@@H](C)[C@@H](O)[C@@H](C)[C@H](C)[C@H](C)[C@@H](C)/C=C/O[C@@]2(C)Oc3c(C)c(O)c4c(=O)c(c5oc6cc(N7CCNCC7)cc(=O)c6nc5c4c3=C2O)NC1=O. The number of anilines is 2. The number of ether oxygens (including phenoxy) is 2. The Morgan fingerprint density at radius 2 is 1.55 bits per heavy atom. The molecule has 14 nitrogen and oxygen atoms in total. The maximum atomic E-state index is 14.7. The molecule has 3 aromatic carbocycles. The van der Waals surface area contributed by atoms with E-state index >= 15 is 0 Å². The summed E-state index contributed by atoms with van der Waals surface area (Å²) in [6.45, 7) is 19.1. The average molecular weight is 825 g/mol. The summed E-state index contributed by atoms with van der Waals surface area (Å²) in [6, 6.07) is 3.14. The van der Waals surface area contributed by atoms with E-state index in [-0.39, 0.29) is 90.4 Å². The number of nitrogens with zero attached hydrogens (tertiary/aromatic N) is 2.